The second-order valence-corrected chi connectivity index (χ2v) is 6.26. The molecule has 0 aliphatic rings. The predicted molar refractivity (Wildman–Crippen MR) is 86.1 cm³/mol. The second kappa shape index (κ2) is 5.74. The highest BCUT2D eigenvalue weighted by atomic mass is 35.5. The van der Waals surface area contributed by atoms with Crippen LogP contribution < -0.4 is 0 Å². The minimum absolute atomic E-state index is 0.177. The third-order valence-electron chi connectivity index (χ3n) is 3.57. The van der Waals surface area contributed by atoms with Gasteiger partial charge in [0.1, 0.15) is 17.1 Å². The normalized spacial score (nSPS) is 14.5. The summed E-state index contributed by atoms with van der Waals surface area (Å²) < 4.78 is 7.60. The molecule has 2 aromatic heterocycles. The van der Waals surface area contributed by atoms with Gasteiger partial charge in [0.2, 0.25) is 0 Å². The molecule has 0 bridgehead atoms. The third-order valence-corrected chi connectivity index (χ3v) is 4.07. The molecule has 3 rings (SSSR count). The summed E-state index contributed by atoms with van der Waals surface area (Å²) in [5.41, 5.74) is 1.80. The molecule has 0 spiro atoms. The van der Waals surface area contributed by atoms with E-state index in [9.17, 15) is 0 Å². The first kappa shape index (κ1) is 14.5. The Balaban J connectivity index is 2.10. The first-order valence-electron chi connectivity index (χ1n) is 6.90. The minimum Gasteiger partial charge on any atom is -0.469 e. The van der Waals surface area contributed by atoms with E-state index in [4.69, 9.17) is 27.6 Å². The molecule has 0 aliphatic heterocycles. The number of furan rings is 1. The summed E-state index contributed by atoms with van der Waals surface area (Å²) >= 11 is 12.6. The van der Waals surface area contributed by atoms with Gasteiger partial charge in [0.05, 0.1) is 22.2 Å². The lowest BCUT2D eigenvalue weighted by molar-refractivity contribution is 0.447. The molecule has 0 fully saturated rings. The summed E-state index contributed by atoms with van der Waals surface area (Å²) in [6.45, 7) is 4.06. The van der Waals surface area contributed by atoms with Gasteiger partial charge in [-0.2, -0.15) is 0 Å². The SMILES string of the molecule is CC(Cl)c1nc2c(Cl)cccc2n1C(C)Cc1ccco1. The molecule has 3 nitrogen and oxygen atoms in total. The van der Waals surface area contributed by atoms with E-state index in [0.717, 1.165) is 29.0 Å². The number of hydrogen-bond acceptors (Lipinski definition) is 2. The van der Waals surface area contributed by atoms with Gasteiger partial charge in [0.25, 0.3) is 0 Å². The lowest BCUT2D eigenvalue weighted by Gasteiger charge is -2.17. The number of para-hydroxylation sites is 1. The van der Waals surface area contributed by atoms with E-state index >= 15 is 0 Å². The van der Waals surface area contributed by atoms with Crippen molar-refractivity contribution in [3.05, 3.63) is 53.2 Å². The Morgan fingerprint density at radius 2 is 2.05 bits per heavy atom. The number of fused-ring (bicyclic) bond motifs is 1. The largest absolute Gasteiger partial charge is 0.469 e. The number of aromatic nitrogens is 2. The number of alkyl halides is 1. The van der Waals surface area contributed by atoms with E-state index in [1.54, 1.807) is 6.26 Å². The van der Waals surface area contributed by atoms with Gasteiger partial charge in [-0.05, 0) is 38.1 Å². The third kappa shape index (κ3) is 2.68. The summed E-state index contributed by atoms with van der Waals surface area (Å²) in [5, 5.41) is 0.461. The minimum atomic E-state index is -0.187. The number of nitrogens with zero attached hydrogens (tertiary/aromatic N) is 2. The average molecular weight is 323 g/mol. The smallest absolute Gasteiger partial charge is 0.128 e. The van der Waals surface area contributed by atoms with Gasteiger partial charge in [-0.15, -0.1) is 11.6 Å². The number of halogens is 2. The zero-order chi connectivity index (χ0) is 15.0. The van der Waals surface area contributed by atoms with Crippen molar-refractivity contribution in [2.75, 3.05) is 0 Å². The van der Waals surface area contributed by atoms with Crippen LogP contribution >= 0.6 is 23.2 Å². The fourth-order valence-corrected chi connectivity index (χ4v) is 3.02. The maximum absolute atomic E-state index is 6.31. The molecule has 0 N–H and O–H groups in total. The molecule has 2 unspecified atom stereocenters. The standard InChI is InChI=1S/C16H16Cl2N2O/c1-10(9-12-5-4-8-21-12)20-14-7-3-6-13(18)15(14)19-16(20)11(2)17/h3-8,10-11H,9H2,1-2H3. The number of rotatable bonds is 4. The molecule has 0 radical (unpaired) electrons. The van der Waals surface area contributed by atoms with E-state index < -0.39 is 0 Å². The van der Waals surface area contributed by atoms with Crippen molar-refractivity contribution in [1.82, 2.24) is 9.55 Å². The highest BCUT2D eigenvalue weighted by molar-refractivity contribution is 6.35. The second-order valence-electron chi connectivity index (χ2n) is 5.20. The van der Waals surface area contributed by atoms with Crippen LogP contribution in [0.4, 0.5) is 0 Å². The summed E-state index contributed by atoms with van der Waals surface area (Å²) in [6, 6.07) is 9.86. The van der Waals surface area contributed by atoms with Crippen LogP contribution in [0.2, 0.25) is 5.02 Å². The summed E-state index contributed by atoms with van der Waals surface area (Å²) in [4.78, 5) is 4.63. The first-order chi connectivity index (χ1) is 10.1. The van der Waals surface area contributed by atoms with Crippen LogP contribution in [0.25, 0.3) is 11.0 Å². The van der Waals surface area contributed by atoms with Crippen molar-refractivity contribution in [2.45, 2.75) is 31.7 Å². The number of hydrogen-bond donors (Lipinski definition) is 0. The molecule has 21 heavy (non-hydrogen) atoms. The van der Waals surface area contributed by atoms with Gasteiger partial charge in [-0.1, -0.05) is 17.7 Å². The molecule has 110 valence electrons. The van der Waals surface area contributed by atoms with E-state index in [1.807, 2.05) is 37.3 Å². The van der Waals surface area contributed by atoms with Crippen LogP contribution in [-0.4, -0.2) is 9.55 Å². The van der Waals surface area contributed by atoms with E-state index in [-0.39, 0.29) is 11.4 Å². The topological polar surface area (TPSA) is 31.0 Å². The van der Waals surface area contributed by atoms with Gasteiger partial charge in [0, 0.05) is 12.5 Å². The van der Waals surface area contributed by atoms with Crippen LogP contribution in [0, 0.1) is 0 Å². The Bertz CT molecular complexity index is 747. The maximum atomic E-state index is 6.31. The summed E-state index contributed by atoms with van der Waals surface area (Å²) in [6.07, 6.45) is 2.47. The quantitative estimate of drug-likeness (QED) is 0.603. The maximum Gasteiger partial charge on any atom is 0.128 e. The van der Waals surface area contributed by atoms with Crippen LogP contribution in [0.1, 0.15) is 36.9 Å². The molecular formula is C16H16Cl2N2O. The summed E-state index contributed by atoms with van der Waals surface area (Å²) in [7, 11) is 0. The molecule has 2 heterocycles. The average Bonchev–Trinajstić information content (AvgIpc) is 3.05. The Morgan fingerprint density at radius 1 is 1.24 bits per heavy atom. The summed E-state index contributed by atoms with van der Waals surface area (Å²) in [5.74, 6) is 1.78. The molecule has 1 aromatic carbocycles. The Morgan fingerprint density at radius 3 is 2.71 bits per heavy atom. The lowest BCUT2D eigenvalue weighted by Crippen LogP contribution is -2.12. The molecule has 2 atom stereocenters. The van der Waals surface area contributed by atoms with Crippen LogP contribution in [-0.2, 0) is 6.42 Å². The van der Waals surface area contributed by atoms with Gasteiger partial charge in [-0.25, -0.2) is 4.98 Å². The van der Waals surface area contributed by atoms with Gasteiger partial charge < -0.3 is 8.98 Å². The monoisotopic (exact) mass is 322 g/mol. The van der Waals surface area contributed by atoms with Crippen LogP contribution in [0.5, 0.6) is 0 Å². The number of benzene rings is 1. The van der Waals surface area contributed by atoms with Crippen molar-refractivity contribution < 1.29 is 4.42 Å². The van der Waals surface area contributed by atoms with Gasteiger partial charge >= 0.3 is 0 Å². The fourth-order valence-electron chi connectivity index (χ4n) is 2.66. The molecule has 0 saturated heterocycles. The zero-order valence-electron chi connectivity index (χ0n) is 11.9. The van der Waals surface area contributed by atoms with Crippen LogP contribution in [0.15, 0.2) is 41.0 Å². The zero-order valence-corrected chi connectivity index (χ0v) is 13.4. The molecule has 3 aromatic rings. The molecule has 0 amide bonds. The Labute approximate surface area is 133 Å². The lowest BCUT2D eigenvalue weighted by atomic mass is 10.1. The van der Waals surface area contributed by atoms with Crippen molar-refractivity contribution in [1.29, 1.82) is 0 Å². The van der Waals surface area contributed by atoms with Crippen molar-refractivity contribution in [2.24, 2.45) is 0 Å². The molecule has 0 saturated carbocycles. The molecule has 0 aliphatic carbocycles. The number of imidazole rings is 1. The van der Waals surface area contributed by atoms with Gasteiger partial charge in [-0.3, -0.25) is 0 Å². The van der Waals surface area contributed by atoms with E-state index in [0.29, 0.717) is 5.02 Å². The van der Waals surface area contributed by atoms with E-state index in [1.165, 1.54) is 0 Å². The molecule has 5 heteroatoms. The van der Waals surface area contributed by atoms with Crippen molar-refractivity contribution >= 4 is 34.2 Å². The molecular weight excluding hydrogens is 307 g/mol. The highest BCUT2D eigenvalue weighted by Crippen LogP contribution is 2.32. The fraction of sp³-hybridized carbons (Fsp3) is 0.312. The Hall–Kier alpha value is -1.45. The van der Waals surface area contributed by atoms with Gasteiger partial charge in [0.15, 0.2) is 0 Å². The van der Waals surface area contributed by atoms with Crippen molar-refractivity contribution in [3.63, 3.8) is 0 Å². The highest BCUT2D eigenvalue weighted by Gasteiger charge is 2.21. The Kier molecular flexibility index (Phi) is 3.96. The van der Waals surface area contributed by atoms with Crippen molar-refractivity contribution in [3.8, 4) is 0 Å². The first-order valence-corrected chi connectivity index (χ1v) is 7.72. The van der Waals surface area contributed by atoms with E-state index in [2.05, 4.69) is 16.5 Å². The van der Waals surface area contributed by atoms with Crippen LogP contribution in [0.3, 0.4) is 0 Å². The predicted octanol–water partition coefficient (Wildman–Crippen LogP) is 5.39.